The van der Waals surface area contributed by atoms with Crippen LogP contribution in [0.15, 0.2) is 24.3 Å². The van der Waals surface area contributed by atoms with Gasteiger partial charge in [-0.05, 0) is 24.6 Å². The van der Waals surface area contributed by atoms with Crippen molar-refractivity contribution in [2.75, 3.05) is 6.61 Å². The van der Waals surface area contributed by atoms with Crippen molar-refractivity contribution in [3.63, 3.8) is 0 Å². The highest BCUT2D eigenvalue weighted by atomic mass is 19.4. The molecule has 1 rings (SSSR count). The number of esters is 1. The Morgan fingerprint density at radius 1 is 1.40 bits per heavy atom. The second-order valence-electron chi connectivity index (χ2n) is 3.73. The Labute approximate surface area is 112 Å². The summed E-state index contributed by atoms with van der Waals surface area (Å²) in [7, 11) is 0. The van der Waals surface area contributed by atoms with Crippen LogP contribution in [0.1, 0.15) is 24.2 Å². The molecule has 0 spiro atoms. The highest BCUT2D eigenvalue weighted by Crippen LogP contribution is 2.30. The summed E-state index contributed by atoms with van der Waals surface area (Å²) in [5.74, 6) is -1.05. The number of nitrogens with zero attached hydrogens (tertiary/aromatic N) is 2. The van der Waals surface area contributed by atoms with Crippen molar-refractivity contribution in [1.29, 1.82) is 0 Å². The first-order valence-electron chi connectivity index (χ1n) is 5.55. The number of hydrogen-bond acceptors (Lipinski definition) is 3. The summed E-state index contributed by atoms with van der Waals surface area (Å²) in [5, 5.41) is 9.80. The molecule has 0 aliphatic carbocycles. The third-order valence-electron chi connectivity index (χ3n) is 2.41. The minimum atomic E-state index is -4.50. The largest absolute Gasteiger partial charge is 0.457 e. The van der Waals surface area contributed by atoms with E-state index in [0.717, 1.165) is 24.3 Å². The molecule has 20 heavy (non-hydrogen) atoms. The van der Waals surface area contributed by atoms with E-state index in [4.69, 9.17) is 5.53 Å². The normalized spacial score (nSPS) is 12.4. The fraction of sp³-hybridized carbons (Fsp3) is 0.333. The van der Waals surface area contributed by atoms with Gasteiger partial charge in [-0.1, -0.05) is 12.1 Å². The van der Waals surface area contributed by atoms with E-state index in [0.29, 0.717) is 0 Å². The van der Waals surface area contributed by atoms with Crippen molar-refractivity contribution in [2.24, 2.45) is 0 Å². The lowest BCUT2D eigenvalue weighted by molar-refractivity contribution is -0.141. The molecule has 1 atom stereocenters. The maximum atomic E-state index is 12.4. The summed E-state index contributed by atoms with van der Waals surface area (Å²) < 4.78 is 41.7. The fourth-order valence-corrected chi connectivity index (χ4v) is 1.42. The molecule has 0 saturated heterocycles. The topological polar surface area (TPSA) is 82.9 Å². The number of aliphatic hydroxyl groups is 1. The highest BCUT2D eigenvalue weighted by Gasteiger charge is 2.34. The summed E-state index contributed by atoms with van der Waals surface area (Å²) in [4.78, 5) is 14.0. The number of halogens is 3. The Kier molecular flexibility index (Phi) is 5.01. The molecule has 0 radical (unpaired) electrons. The third-order valence-corrected chi connectivity index (χ3v) is 2.41. The Morgan fingerprint density at radius 3 is 2.35 bits per heavy atom. The van der Waals surface area contributed by atoms with E-state index in [-0.39, 0.29) is 12.2 Å². The first-order valence-corrected chi connectivity index (χ1v) is 5.55. The zero-order chi connectivity index (χ0) is 15.3. The van der Waals surface area contributed by atoms with Gasteiger partial charge in [0.05, 0.1) is 12.2 Å². The second-order valence-corrected chi connectivity index (χ2v) is 3.73. The molecule has 108 valence electrons. The van der Waals surface area contributed by atoms with Gasteiger partial charge in [0.1, 0.15) is 0 Å². The lowest BCUT2D eigenvalue weighted by atomic mass is 10.0. The summed E-state index contributed by atoms with van der Waals surface area (Å²) in [6.07, 6.45) is -6.18. The number of ether oxygens (including phenoxy) is 1. The van der Waals surface area contributed by atoms with E-state index in [1.807, 2.05) is 0 Å². The molecule has 0 aliphatic heterocycles. The number of carbonyl (C=O) groups is 1. The summed E-state index contributed by atoms with van der Waals surface area (Å²) in [6, 6.07) is 3.47. The lowest BCUT2D eigenvalue weighted by Gasteiger charge is -2.09. The quantitative estimate of drug-likeness (QED) is 0.398. The monoisotopic (exact) mass is 288 g/mol. The van der Waals surface area contributed by atoms with E-state index >= 15 is 0 Å². The number of hydrogen-bond donors (Lipinski definition) is 1. The smallest absolute Gasteiger partial charge is 0.420 e. The van der Waals surface area contributed by atoms with Crippen LogP contribution in [0.5, 0.6) is 0 Å². The van der Waals surface area contributed by atoms with Crippen molar-refractivity contribution < 1.29 is 32.6 Å². The average molecular weight is 288 g/mol. The number of alkyl halides is 3. The van der Waals surface area contributed by atoms with Gasteiger partial charge in [-0.25, -0.2) is 4.79 Å². The van der Waals surface area contributed by atoms with Gasteiger partial charge >= 0.3 is 17.9 Å². The van der Waals surface area contributed by atoms with Gasteiger partial charge in [0.25, 0.3) is 0 Å². The predicted octanol–water partition coefficient (Wildman–Crippen LogP) is 1.97. The molecule has 1 aromatic rings. The van der Waals surface area contributed by atoms with Gasteiger partial charge < -0.3 is 15.4 Å². The fourth-order valence-electron chi connectivity index (χ4n) is 1.42. The number of carbonyl (C=O) groups excluding carboxylic acids is 1. The van der Waals surface area contributed by atoms with E-state index < -0.39 is 29.5 Å². The number of benzene rings is 1. The molecule has 1 aromatic carbocycles. The SMILES string of the molecule is CCOC(=O)C(=[N+]=[N-])C(O)c1ccc(C(F)(F)F)cc1. The third kappa shape index (κ3) is 3.66. The minimum absolute atomic E-state index is 0.00240. The molecular weight excluding hydrogens is 277 g/mol. The van der Waals surface area contributed by atoms with E-state index in [1.165, 1.54) is 6.92 Å². The molecule has 0 bridgehead atoms. The molecule has 8 heteroatoms. The van der Waals surface area contributed by atoms with Crippen LogP contribution in [0.3, 0.4) is 0 Å². The van der Waals surface area contributed by atoms with Crippen LogP contribution in [0.4, 0.5) is 13.2 Å². The molecule has 5 nitrogen and oxygen atoms in total. The summed E-state index contributed by atoms with van der Waals surface area (Å²) >= 11 is 0. The van der Waals surface area contributed by atoms with Crippen LogP contribution in [0.2, 0.25) is 0 Å². The summed E-state index contributed by atoms with van der Waals surface area (Å²) in [6.45, 7) is 1.51. The van der Waals surface area contributed by atoms with Crippen LogP contribution in [0.25, 0.3) is 5.53 Å². The Morgan fingerprint density at radius 2 is 1.95 bits per heavy atom. The van der Waals surface area contributed by atoms with Crippen LogP contribution in [-0.4, -0.2) is 28.2 Å². The Balaban J connectivity index is 3.00. The van der Waals surface area contributed by atoms with E-state index in [2.05, 4.69) is 9.53 Å². The molecule has 0 saturated carbocycles. The van der Waals surface area contributed by atoms with Gasteiger partial charge in [-0.15, -0.1) is 0 Å². The minimum Gasteiger partial charge on any atom is -0.457 e. The Bertz CT molecular complexity index is 534. The van der Waals surface area contributed by atoms with Crippen molar-refractivity contribution in [1.82, 2.24) is 0 Å². The van der Waals surface area contributed by atoms with Crippen LogP contribution >= 0.6 is 0 Å². The number of rotatable bonds is 4. The van der Waals surface area contributed by atoms with Gasteiger partial charge in [0.15, 0.2) is 6.10 Å². The maximum Gasteiger partial charge on any atom is 0.420 e. The molecule has 0 aromatic heterocycles. The summed E-state index contributed by atoms with van der Waals surface area (Å²) in [5.41, 5.74) is 7.06. The lowest BCUT2D eigenvalue weighted by Crippen LogP contribution is -2.25. The first kappa shape index (κ1) is 15.9. The number of aliphatic hydroxyl groups excluding tert-OH is 1. The van der Waals surface area contributed by atoms with Crippen molar-refractivity contribution >= 4 is 11.7 Å². The molecule has 0 aliphatic rings. The standard InChI is InChI=1S/C12H11F3N2O3/c1-2-20-11(19)9(17-16)10(18)7-3-5-8(6-4-7)12(13,14)15/h3-6,10,18H,2H2,1H3. The molecular formula is C12H11F3N2O3. The van der Waals surface area contributed by atoms with Gasteiger partial charge in [-0.2, -0.15) is 18.0 Å². The van der Waals surface area contributed by atoms with E-state index in [9.17, 15) is 23.1 Å². The second kappa shape index (κ2) is 6.31. The van der Waals surface area contributed by atoms with Crippen molar-refractivity contribution in [3.05, 3.63) is 40.9 Å². The molecule has 0 amide bonds. The van der Waals surface area contributed by atoms with Crippen molar-refractivity contribution in [2.45, 2.75) is 19.2 Å². The zero-order valence-electron chi connectivity index (χ0n) is 10.4. The van der Waals surface area contributed by atoms with Crippen LogP contribution < -0.4 is 0 Å². The van der Waals surface area contributed by atoms with Gasteiger partial charge in [0, 0.05) is 0 Å². The van der Waals surface area contributed by atoms with Crippen LogP contribution in [0, 0.1) is 0 Å². The van der Waals surface area contributed by atoms with E-state index in [1.54, 1.807) is 0 Å². The average Bonchev–Trinajstić information content (AvgIpc) is 2.39. The maximum absolute atomic E-state index is 12.4. The van der Waals surface area contributed by atoms with Gasteiger partial charge in [0.2, 0.25) is 0 Å². The zero-order valence-corrected chi connectivity index (χ0v) is 10.4. The van der Waals surface area contributed by atoms with Crippen molar-refractivity contribution in [3.8, 4) is 0 Å². The predicted molar refractivity (Wildman–Crippen MR) is 61.7 cm³/mol. The Hall–Kier alpha value is -2.18. The van der Waals surface area contributed by atoms with Gasteiger partial charge in [-0.3, -0.25) is 0 Å². The highest BCUT2D eigenvalue weighted by molar-refractivity contribution is 6.35. The molecule has 1 N–H and O–H groups in total. The van der Waals surface area contributed by atoms with Crippen LogP contribution in [-0.2, 0) is 15.7 Å². The molecule has 0 heterocycles. The first-order chi connectivity index (χ1) is 9.31. The molecule has 1 unspecified atom stereocenters. The molecule has 0 fully saturated rings.